The van der Waals surface area contributed by atoms with Crippen LogP contribution in [0.25, 0.3) is 0 Å². The Morgan fingerprint density at radius 3 is 2.47 bits per heavy atom. The van der Waals surface area contributed by atoms with Crippen molar-refractivity contribution in [1.29, 1.82) is 0 Å². The zero-order valence-corrected chi connectivity index (χ0v) is 19.6. The van der Waals surface area contributed by atoms with Crippen LogP contribution in [0, 0.1) is 0 Å². The first-order chi connectivity index (χ1) is 15.1. The maximum absolute atomic E-state index is 13.6. The van der Waals surface area contributed by atoms with E-state index in [1.165, 1.54) is 7.11 Å². The van der Waals surface area contributed by atoms with E-state index in [4.69, 9.17) is 4.74 Å². The molecule has 1 saturated heterocycles. The van der Waals surface area contributed by atoms with Gasteiger partial charge in [-0.2, -0.15) is 13.2 Å². The van der Waals surface area contributed by atoms with E-state index in [-0.39, 0.29) is 16.2 Å². The number of carbonyl (C=O) groups is 1. The van der Waals surface area contributed by atoms with Crippen molar-refractivity contribution in [2.45, 2.75) is 49.3 Å². The molecule has 1 unspecified atom stereocenters. The number of thioether (sulfide) groups is 1. The lowest BCUT2D eigenvalue weighted by Gasteiger charge is -2.45. The van der Waals surface area contributed by atoms with Crippen LogP contribution in [0.2, 0.25) is 0 Å². The Hall–Kier alpha value is -2.19. The number of nitrogens with one attached hydrogen (secondary N) is 1. The molecule has 8 heteroatoms. The molecule has 0 spiro atoms. The Labute approximate surface area is 191 Å². The molecular formula is C24H29F3N2O2S. The molecule has 174 valence electrons. The molecule has 1 fully saturated rings. The summed E-state index contributed by atoms with van der Waals surface area (Å²) in [4.78, 5) is 16.1. The number of amides is 1. The van der Waals surface area contributed by atoms with Gasteiger partial charge < -0.3 is 10.1 Å². The summed E-state index contributed by atoms with van der Waals surface area (Å²) >= 11 is 1.09. The van der Waals surface area contributed by atoms with E-state index in [9.17, 15) is 18.0 Å². The van der Waals surface area contributed by atoms with Crippen LogP contribution >= 0.6 is 11.8 Å². The third-order valence-electron chi connectivity index (χ3n) is 5.99. The normalized spacial score (nSPS) is 19.8. The average molecular weight is 467 g/mol. The van der Waals surface area contributed by atoms with Crippen molar-refractivity contribution in [3.8, 4) is 5.75 Å². The maximum atomic E-state index is 13.6. The second-order valence-corrected chi connectivity index (χ2v) is 9.17. The third kappa shape index (κ3) is 5.07. The summed E-state index contributed by atoms with van der Waals surface area (Å²) in [5.41, 5.74) is -0.374. The van der Waals surface area contributed by atoms with E-state index in [2.05, 4.69) is 24.1 Å². The molecule has 0 saturated carbocycles. The lowest BCUT2D eigenvalue weighted by molar-refractivity contribution is -0.137. The largest absolute Gasteiger partial charge is 0.496 e. The van der Waals surface area contributed by atoms with Crippen molar-refractivity contribution in [2.24, 2.45) is 0 Å². The number of alkyl halides is 3. The Morgan fingerprint density at radius 1 is 1.22 bits per heavy atom. The van der Waals surface area contributed by atoms with Crippen molar-refractivity contribution >= 4 is 17.7 Å². The van der Waals surface area contributed by atoms with Crippen LogP contribution < -0.4 is 10.1 Å². The van der Waals surface area contributed by atoms with Gasteiger partial charge in [0, 0.05) is 17.5 Å². The molecule has 1 aliphatic rings. The van der Waals surface area contributed by atoms with Gasteiger partial charge in [-0.3, -0.25) is 9.69 Å². The minimum atomic E-state index is -4.53. The van der Waals surface area contributed by atoms with Crippen LogP contribution in [-0.2, 0) is 11.7 Å². The lowest BCUT2D eigenvalue weighted by atomic mass is 9.81. The molecule has 4 nitrogen and oxygen atoms in total. The van der Waals surface area contributed by atoms with Crippen LogP contribution in [0.15, 0.2) is 47.4 Å². The van der Waals surface area contributed by atoms with Gasteiger partial charge in [0.25, 0.3) is 5.91 Å². The second-order valence-electron chi connectivity index (χ2n) is 8.32. The van der Waals surface area contributed by atoms with E-state index >= 15 is 0 Å². The number of likely N-dealkylation sites (tertiary alicyclic amines) is 1. The Morgan fingerprint density at radius 2 is 1.91 bits per heavy atom. The van der Waals surface area contributed by atoms with Crippen molar-refractivity contribution < 1.29 is 22.7 Å². The van der Waals surface area contributed by atoms with Gasteiger partial charge in [0.05, 0.1) is 23.8 Å². The van der Waals surface area contributed by atoms with Gasteiger partial charge in [-0.25, -0.2) is 0 Å². The number of methoxy groups -OCH3 is 1. The number of halogens is 3. The van der Waals surface area contributed by atoms with Crippen molar-refractivity contribution in [3.63, 3.8) is 0 Å². The number of carbonyl (C=O) groups excluding carboxylic acids is 1. The molecule has 0 radical (unpaired) electrons. The van der Waals surface area contributed by atoms with Crippen molar-refractivity contribution in [2.75, 3.05) is 26.5 Å². The molecule has 1 heterocycles. The fraction of sp³-hybridized carbons (Fsp3) is 0.458. The number of ether oxygens (including phenoxy) is 1. The second kappa shape index (κ2) is 9.75. The van der Waals surface area contributed by atoms with Crippen LogP contribution in [0.3, 0.4) is 0 Å². The number of benzene rings is 2. The van der Waals surface area contributed by atoms with E-state index in [1.807, 2.05) is 30.3 Å². The molecule has 2 aromatic carbocycles. The first kappa shape index (κ1) is 24.5. The van der Waals surface area contributed by atoms with E-state index in [0.717, 1.165) is 48.8 Å². The van der Waals surface area contributed by atoms with Crippen LogP contribution in [0.1, 0.15) is 48.2 Å². The Balaban J connectivity index is 2.06. The van der Waals surface area contributed by atoms with Gasteiger partial charge in [-0.05, 0) is 57.2 Å². The predicted molar refractivity (Wildman–Crippen MR) is 121 cm³/mol. The van der Waals surface area contributed by atoms with E-state index in [0.29, 0.717) is 12.6 Å². The fourth-order valence-corrected chi connectivity index (χ4v) is 4.92. The highest BCUT2D eigenvalue weighted by Gasteiger charge is 2.40. The van der Waals surface area contributed by atoms with Crippen LogP contribution in [0.5, 0.6) is 5.75 Å². The zero-order chi connectivity index (χ0) is 23.5. The molecule has 3 rings (SSSR count). The summed E-state index contributed by atoms with van der Waals surface area (Å²) in [6, 6.07) is 12.0. The zero-order valence-electron chi connectivity index (χ0n) is 18.8. The maximum Gasteiger partial charge on any atom is 0.416 e. The minimum Gasteiger partial charge on any atom is -0.496 e. The van der Waals surface area contributed by atoms with Gasteiger partial charge in [0.1, 0.15) is 5.75 Å². The first-order valence-corrected chi connectivity index (χ1v) is 11.8. The quantitative estimate of drug-likeness (QED) is 0.566. The Kier molecular flexibility index (Phi) is 7.45. The summed E-state index contributed by atoms with van der Waals surface area (Å²) < 4.78 is 45.3. The number of nitrogens with zero attached hydrogens (tertiary/aromatic N) is 1. The van der Waals surface area contributed by atoms with E-state index in [1.54, 1.807) is 6.26 Å². The number of piperidine rings is 1. The molecular weight excluding hydrogens is 437 g/mol. The predicted octanol–water partition coefficient (Wildman–Crippen LogP) is 5.57. The summed E-state index contributed by atoms with van der Waals surface area (Å²) in [6.07, 6.45) is -1.24. The summed E-state index contributed by atoms with van der Waals surface area (Å²) in [5.74, 6) is -0.518. The molecule has 0 aromatic heterocycles. The standard InChI is InChI=1S/C24H29F3N2O2S/c1-16(2)29-12-8-11-23(15-29,17-9-6-5-7-10-17)28-22(30)21-19(31-3)13-18(24(25,26)27)14-20(21)32-4/h5-7,9-10,13-14,16H,8,11-12,15H2,1-4H3,(H,28,30). The monoisotopic (exact) mass is 466 g/mol. The van der Waals surface area contributed by atoms with E-state index < -0.39 is 23.2 Å². The number of rotatable bonds is 6. The molecule has 1 N–H and O–H groups in total. The van der Waals surface area contributed by atoms with Crippen molar-refractivity contribution in [3.05, 3.63) is 59.2 Å². The molecule has 2 aromatic rings. The highest BCUT2D eigenvalue weighted by Crippen LogP contribution is 2.39. The van der Waals surface area contributed by atoms with Crippen LogP contribution in [-0.4, -0.2) is 43.3 Å². The Bertz CT molecular complexity index is 925. The average Bonchev–Trinajstić information content (AvgIpc) is 2.78. The van der Waals surface area contributed by atoms with Gasteiger partial charge in [-0.1, -0.05) is 30.3 Å². The minimum absolute atomic E-state index is 0.0820. The smallest absolute Gasteiger partial charge is 0.416 e. The molecule has 1 atom stereocenters. The third-order valence-corrected chi connectivity index (χ3v) is 6.75. The fourth-order valence-electron chi connectivity index (χ4n) is 4.28. The summed E-state index contributed by atoms with van der Waals surface area (Å²) in [7, 11) is 1.28. The highest BCUT2D eigenvalue weighted by molar-refractivity contribution is 7.98. The summed E-state index contributed by atoms with van der Waals surface area (Å²) in [6.45, 7) is 5.79. The van der Waals surface area contributed by atoms with Gasteiger partial charge in [-0.15, -0.1) is 11.8 Å². The highest BCUT2D eigenvalue weighted by atomic mass is 32.2. The topological polar surface area (TPSA) is 41.6 Å². The van der Waals surface area contributed by atoms with Gasteiger partial charge in [0.15, 0.2) is 0 Å². The summed E-state index contributed by atoms with van der Waals surface area (Å²) in [5, 5.41) is 3.20. The molecule has 1 aliphatic heterocycles. The molecule has 0 aliphatic carbocycles. The number of hydrogen-bond acceptors (Lipinski definition) is 4. The number of hydrogen-bond donors (Lipinski definition) is 1. The lowest BCUT2D eigenvalue weighted by Crippen LogP contribution is -2.57. The molecule has 1 amide bonds. The van der Waals surface area contributed by atoms with Gasteiger partial charge in [0.2, 0.25) is 0 Å². The van der Waals surface area contributed by atoms with Crippen molar-refractivity contribution in [1.82, 2.24) is 10.2 Å². The SMILES string of the molecule is COc1cc(C(F)(F)F)cc(SC)c1C(=O)NC1(c2ccccc2)CCCN(C(C)C)C1. The van der Waals surface area contributed by atoms with Crippen LogP contribution in [0.4, 0.5) is 13.2 Å². The van der Waals surface area contributed by atoms with Gasteiger partial charge >= 0.3 is 6.18 Å². The molecule has 32 heavy (non-hydrogen) atoms. The molecule has 0 bridgehead atoms. The first-order valence-electron chi connectivity index (χ1n) is 10.6.